The number of aryl methyl sites for hydroxylation is 1. The van der Waals surface area contributed by atoms with E-state index in [9.17, 15) is 4.79 Å². The summed E-state index contributed by atoms with van der Waals surface area (Å²) in [6.07, 6.45) is 3.69. The molecule has 0 aliphatic rings. The Morgan fingerprint density at radius 2 is 1.84 bits per heavy atom. The molecule has 0 fully saturated rings. The third kappa shape index (κ3) is 4.84. The molecule has 0 saturated heterocycles. The highest BCUT2D eigenvalue weighted by Gasteiger charge is 2.11. The third-order valence-corrected chi connectivity index (χ3v) is 5.10. The van der Waals surface area contributed by atoms with Crippen LogP contribution in [0.15, 0.2) is 66.9 Å². The van der Waals surface area contributed by atoms with Crippen molar-refractivity contribution in [2.24, 2.45) is 0 Å². The molecule has 0 radical (unpaired) electrons. The Bertz CT molecular complexity index is 1240. The molecule has 0 saturated carbocycles. The van der Waals surface area contributed by atoms with E-state index in [1.54, 1.807) is 36.5 Å². The molecule has 0 aliphatic carbocycles. The Kier molecular flexibility index (Phi) is 6.14. The van der Waals surface area contributed by atoms with E-state index in [-0.39, 0.29) is 5.78 Å². The third-order valence-electron chi connectivity index (χ3n) is 4.87. The zero-order chi connectivity index (χ0) is 21.8. The van der Waals surface area contributed by atoms with Crippen molar-refractivity contribution in [1.29, 1.82) is 0 Å². The van der Waals surface area contributed by atoms with Gasteiger partial charge < -0.3 is 10.1 Å². The van der Waals surface area contributed by atoms with Gasteiger partial charge in [0.25, 0.3) is 0 Å². The highest BCUT2D eigenvalue weighted by Crippen LogP contribution is 2.35. The summed E-state index contributed by atoms with van der Waals surface area (Å²) in [4.78, 5) is 20.6. The van der Waals surface area contributed by atoms with Gasteiger partial charge in [0.1, 0.15) is 5.75 Å². The van der Waals surface area contributed by atoms with Crippen LogP contribution >= 0.6 is 11.6 Å². The molecule has 6 heteroatoms. The Hall–Kier alpha value is -3.44. The number of ether oxygens (including phenoxy) is 1. The lowest BCUT2D eigenvalue weighted by atomic mass is 10.1. The van der Waals surface area contributed by atoms with Crippen molar-refractivity contribution in [2.75, 3.05) is 5.32 Å². The predicted molar refractivity (Wildman–Crippen MR) is 125 cm³/mol. The minimum absolute atomic E-state index is 0.0145. The molecule has 2 heterocycles. The maximum Gasteiger partial charge on any atom is 0.161 e. The van der Waals surface area contributed by atoms with Gasteiger partial charge in [0.05, 0.1) is 11.4 Å². The second kappa shape index (κ2) is 9.14. The molecule has 0 atom stereocenters. The maximum atomic E-state index is 11.5. The van der Waals surface area contributed by atoms with E-state index < -0.39 is 0 Å². The van der Waals surface area contributed by atoms with Crippen LogP contribution in [0.5, 0.6) is 11.5 Å². The highest BCUT2D eigenvalue weighted by molar-refractivity contribution is 6.31. The van der Waals surface area contributed by atoms with Crippen LogP contribution < -0.4 is 10.1 Å². The smallest absolute Gasteiger partial charge is 0.161 e. The lowest BCUT2D eigenvalue weighted by molar-refractivity contribution is 0.101. The average Bonchev–Trinajstić information content (AvgIpc) is 2.76. The molecule has 0 unspecified atom stereocenters. The van der Waals surface area contributed by atoms with Crippen molar-refractivity contribution in [2.45, 2.75) is 26.7 Å². The van der Waals surface area contributed by atoms with E-state index in [1.807, 2.05) is 30.3 Å². The molecule has 0 amide bonds. The fourth-order valence-corrected chi connectivity index (χ4v) is 3.46. The number of nitrogens with zero attached hydrogens (tertiary/aromatic N) is 2. The zero-order valence-corrected chi connectivity index (χ0v) is 18.1. The number of aromatic nitrogens is 2. The van der Waals surface area contributed by atoms with Crippen LogP contribution in [0.25, 0.3) is 11.0 Å². The highest BCUT2D eigenvalue weighted by atomic mass is 35.5. The summed E-state index contributed by atoms with van der Waals surface area (Å²) in [6.45, 7) is 3.67. The number of nitrogens with one attached hydrogen (secondary N) is 1. The summed E-state index contributed by atoms with van der Waals surface area (Å²) in [6, 6.07) is 18.4. The van der Waals surface area contributed by atoms with Crippen molar-refractivity contribution < 1.29 is 9.53 Å². The van der Waals surface area contributed by atoms with Gasteiger partial charge in [-0.1, -0.05) is 24.9 Å². The van der Waals surface area contributed by atoms with Crippen LogP contribution in [0.1, 0.15) is 36.3 Å². The Labute approximate surface area is 186 Å². The van der Waals surface area contributed by atoms with E-state index in [1.165, 1.54) is 6.92 Å². The summed E-state index contributed by atoms with van der Waals surface area (Å²) in [5, 5.41) is 4.92. The molecular weight excluding hydrogens is 410 g/mol. The molecular formula is C25H22ClN3O2. The van der Waals surface area contributed by atoms with Crippen molar-refractivity contribution in [1.82, 2.24) is 9.97 Å². The molecule has 2 aromatic heterocycles. The first-order chi connectivity index (χ1) is 15.0. The van der Waals surface area contributed by atoms with Crippen molar-refractivity contribution in [3.63, 3.8) is 0 Å². The van der Waals surface area contributed by atoms with Crippen molar-refractivity contribution in [3.8, 4) is 11.5 Å². The number of halogens is 1. The van der Waals surface area contributed by atoms with Crippen molar-refractivity contribution >= 4 is 39.8 Å². The molecule has 0 aliphatic heterocycles. The van der Waals surface area contributed by atoms with Gasteiger partial charge in [-0.2, -0.15) is 0 Å². The summed E-state index contributed by atoms with van der Waals surface area (Å²) in [7, 11) is 0. The SMILES string of the molecule is CCCc1ccc2c(Nc3cc(Cl)ccc3Oc3ccc(C(C)=O)cc3)ccnc2n1. The topological polar surface area (TPSA) is 64.1 Å². The minimum Gasteiger partial charge on any atom is -0.455 e. The van der Waals surface area contributed by atoms with Crippen LogP contribution in [0.2, 0.25) is 5.02 Å². The normalized spacial score (nSPS) is 10.8. The van der Waals surface area contributed by atoms with Gasteiger partial charge in [-0.3, -0.25) is 4.79 Å². The Morgan fingerprint density at radius 3 is 2.58 bits per heavy atom. The summed E-state index contributed by atoms with van der Waals surface area (Å²) < 4.78 is 6.07. The summed E-state index contributed by atoms with van der Waals surface area (Å²) >= 11 is 6.26. The van der Waals surface area contributed by atoms with E-state index >= 15 is 0 Å². The van der Waals surface area contributed by atoms with E-state index in [4.69, 9.17) is 16.3 Å². The van der Waals surface area contributed by atoms with Crippen LogP contribution in [-0.2, 0) is 6.42 Å². The van der Waals surface area contributed by atoms with E-state index in [2.05, 4.69) is 22.2 Å². The number of anilines is 2. The van der Waals surface area contributed by atoms with Crippen LogP contribution in [-0.4, -0.2) is 15.8 Å². The maximum absolute atomic E-state index is 11.5. The van der Waals surface area contributed by atoms with Gasteiger partial charge in [0.15, 0.2) is 17.2 Å². The van der Waals surface area contributed by atoms with Gasteiger partial charge in [-0.05, 0) is 74.0 Å². The molecule has 4 aromatic rings. The summed E-state index contributed by atoms with van der Waals surface area (Å²) in [5.41, 5.74) is 3.94. The van der Waals surface area contributed by atoms with Crippen LogP contribution in [0.4, 0.5) is 11.4 Å². The molecule has 4 rings (SSSR count). The fourth-order valence-electron chi connectivity index (χ4n) is 3.29. The largest absolute Gasteiger partial charge is 0.455 e. The Morgan fingerprint density at radius 1 is 1.03 bits per heavy atom. The number of fused-ring (bicyclic) bond motifs is 1. The van der Waals surface area contributed by atoms with Gasteiger partial charge >= 0.3 is 0 Å². The standard InChI is InChI=1S/C25H22ClN3O2/c1-3-4-19-8-11-21-22(13-14-27-25(21)28-19)29-23-15-18(26)7-12-24(23)31-20-9-5-17(6-10-20)16(2)30/h5-15H,3-4H2,1-2H3,(H,27,28,29). The number of hydrogen-bond acceptors (Lipinski definition) is 5. The van der Waals surface area contributed by atoms with Crippen molar-refractivity contribution in [3.05, 3.63) is 83.1 Å². The lowest BCUT2D eigenvalue weighted by Crippen LogP contribution is -1.98. The van der Waals surface area contributed by atoms with Gasteiger partial charge in [0.2, 0.25) is 0 Å². The number of benzene rings is 2. The molecule has 31 heavy (non-hydrogen) atoms. The van der Waals surface area contributed by atoms with Crippen LogP contribution in [0.3, 0.4) is 0 Å². The molecule has 0 spiro atoms. The Balaban J connectivity index is 1.66. The first-order valence-corrected chi connectivity index (χ1v) is 10.5. The van der Waals surface area contributed by atoms with Gasteiger partial charge in [-0.25, -0.2) is 9.97 Å². The van der Waals surface area contributed by atoms with Gasteiger partial charge in [-0.15, -0.1) is 0 Å². The number of rotatable bonds is 7. The quantitative estimate of drug-likeness (QED) is 0.320. The zero-order valence-electron chi connectivity index (χ0n) is 17.4. The first kappa shape index (κ1) is 20.8. The lowest BCUT2D eigenvalue weighted by Gasteiger charge is -2.15. The minimum atomic E-state index is 0.0145. The number of ketones is 1. The number of carbonyl (C=O) groups is 1. The predicted octanol–water partition coefficient (Wildman–Crippen LogP) is 6.97. The second-order valence-corrected chi connectivity index (χ2v) is 7.67. The second-order valence-electron chi connectivity index (χ2n) is 7.23. The number of carbonyl (C=O) groups excluding carboxylic acids is 1. The summed E-state index contributed by atoms with van der Waals surface area (Å²) in [5.74, 6) is 1.25. The fraction of sp³-hybridized carbons (Fsp3) is 0.160. The molecule has 1 N–H and O–H groups in total. The number of hydrogen-bond donors (Lipinski definition) is 1. The van der Waals surface area contributed by atoms with E-state index in [0.29, 0.717) is 33.4 Å². The van der Waals surface area contributed by atoms with Gasteiger partial charge in [0, 0.05) is 27.9 Å². The molecule has 2 aromatic carbocycles. The first-order valence-electron chi connectivity index (χ1n) is 10.1. The number of pyridine rings is 2. The monoisotopic (exact) mass is 431 g/mol. The van der Waals surface area contributed by atoms with E-state index in [0.717, 1.165) is 29.6 Å². The van der Waals surface area contributed by atoms with Crippen LogP contribution in [0, 0.1) is 0 Å². The number of Topliss-reactive ketones (excluding diaryl/α,β-unsaturated/α-hetero) is 1. The molecule has 156 valence electrons. The molecule has 0 bridgehead atoms. The molecule has 5 nitrogen and oxygen atoms in total. The average molecular weight is 432 g/mol.